The van der Waals surface area contributed by atoms with E-state index in [2.05, 4.69) is 21.0 Å². The number of hydrogen-bond acceptors (Lipinski definition) is 2. The summed E-state index contributed by atoms with van der Waals surface area (Å²) in [5.41, 5.74) is 1.72. The minimum absolute atomic E-state index is 0.105. The van der Waals surface area contributed by atoms with Crippen LogP contribution in [-0.4, -0.2) is 9.78 Å². The van der Waals surface area contributed by atoms with Gasteiger partial charge in [-0.1, -0.05) is 46.3 Å². The highest BCUT2D eigenvalue weighted by Crippen LogP contribution is 2.20. The molecule has 0 bridgehead atoms. The molecule has 0 fully saturated rings. The fourth-order valence-electron chi connectivity index (χ4n) is 2.15. The Kier molecular flexibility index (Phi) is 4.15. The third-order valence-electron chi connectivity index (χ3n) is 3.26. The van der Waals surface area contributed by atoms with Gasteiger partial charge >= 0.3 is 0 Å². The van der Waals surface area contributed by atoms with Crippen LogP contribution in [0.1, 0.15) is 5.56 Å². The van der Waals surface area contributed by atoms with Gasteiger partial charge in [-0.05, 0) is 24.3 Å². The van der Waals surface area contributed by atoms with E-state index in [1.807, 2.05) is 24.3 Å². The molecule has 3 aromatic rings. The molecule has 0 N–H and O–H groups in total. The molecular weight excluding hydrogens is 347 g/mol. The van der Waals surface area contributed by atoms with Gasteiger partial charge in [-0.2, -0.15) is 5.10 Å². The molecule has 0 amide bonds. The lowest BCUT2D eigenvalue weighted by Gasteiger charge is -2.08. The molecule has 0 radical (unpaired) electrons. The van der Waals surface area contributed by atoms with Crippen molar-refractivity contribution in [3.63, 3.8) is 0 Å². The zero-order chi connectivity index (χ0) is 15.5. The number of aromatic nitrogens is 2. The number of hydrogen-bond donors (Lipinski definition) is 0. The molecule has 0 aliphatic heterocycles. The van der Waals surface area contributed by atoms with Crippen molar-refractivity contribution >= 4 is 15.9 Å². The highest BCUT2D eigenvalue weighted by molar-refractivity contribution is 9.10. The second-order valence-corrected chi connectivity index (χ2v) is 5.73. The van der Waals surface area contributed by atoms with Gasteiger partial charge in [-0.25, -0.2) is 9.07 Å². The van der Waals surface area contributed by atoms with Crippen LogP contribution in [0.25, 0.3) is 11.3 Å². The van der Waals surface area contributed by atoms with Crippen molar-refractivity contribution in [3.05, 3.63) is 86.9 Å². The van der Waals surface area contributed by atoms with Gasteiger partial charge in [-0.3, -0.25) is 4.79 Å². The van der Waals surface area contributed by atoms with Crippen molar-refractivity contribution < 1.29 is 4.39 Å². The highest BCUT2D eigenvalue weighted by Gasteiger charge is 2.07. The molecule has 1 aromatic heterocycles. The van der Waals surface area contributed by atoms with E-state index < -0.39 is 0 Å². The van der Waals surface area contributed by atoms with Gasteiger partial charge in [0.2, 0.25) is 0 Å². The summed E-state index contributed by atoms with van der Waals surface area (Å²) in [4.78, 5) is 12.0. The smallest absolute Gasteiger partial charge is 0.267 e. The average Bonchev–Trinajstić information content (AvgIpc) is 2.51. The van der Waals surface area contributed by atoms with Crippen LogP contribution in [0, 0.1) is 5.82 Å². The number of nitrogens with zero attached hydrogens (tertiary/aromatic N) is 2. The van der Waals surface area contributed by atoms with Gasteiger partial charge in [0.25, 0.3) is 5.56 Å². The van der Waals surface area contributed by atoms with E-state index in [-0.39, 0.29) is 17.9 Å². The second-order valence-electron chi connectivity index (χ2n) is 4.82. The number of halogens is 2. The van der Waals surface area contributed by atoms with Gasteiger partial charge in [0.15, 0.2) is 0 Å². The summed E-state index contributed by atoms with van der Waals surface area (Å²) >= 11 is 3.41. The van der Waals surface area contributed by atoms with Crippen molar-refractivity contribution in [1.82, 2.24) is 9.78 Å². The standard InChI is InChI=1S/C17H12BrFN2O/c18-14-6-3-5-12(10-14)16-8-9-17(22)21(20-16)11-13-4-1-2-7-15(13)19/h1-10H,11H2. The first-order valence-electron chi connectivity index (χ1n) is 6.71. The summed E-state index contributed by atoms with van der Waals surface area (Å²) in [7, 11) is 0. The first-order valence-corrected chi connectivity index (χ1v) is 7.50. The van der Waals surface area contributed by atoms with Gasteiger partial charge < -0.3 is 0 Å². The Labute approximate surface area is 135 Å². The van der Waals surface area contributed by atoms with E-state index >= 15 is 0 Å². The highest BCUT2D eigenvalue weighted by atomic mass is 79.9. The lowest BCUT2D eigenvalue weighted by atomic mass is 10.1. The van der Waals surface area contributed by atoms with Crippen LogP contribution in [-0.2, 0) is 6.54 Å². The predicted molar refractivity (Wildman–Crippen MR) is 87.1 cm³/mol. The lowest BCUT2D eigenvalue weighted by molar-refractivity contribution is 0.573. The molecule has 110 valence electrons. The predicted octanol–water partition coefficient (Wildman–Crippen LogP) is 3.86. The summed E-state index contributed by atoms with van der Waals surface area (Å²) in [6, 6.07) is 17.1. The maximum Gasteiger partial charge on any atom is 0.267 e. The van der Waals surface area contributed by atoms with E-state index in [4.69, 9.17) is 0 Å². The van der Waals surface area contributed by atoms with Crippen LogP contribution < -0.4 is 5.56 Å². The maximum absolute atomic E-state index is 13.7. The van der Waals surface area contributed by atoms with Crippen molar-refractivity contribution in [2.24, 2.45) is 0 Å². The fraction of sp³-hybridized carbons (Fsp3) is 0.0588. The third kappa shape index (κ3) is 3.14. The normalized spacial score (nSPS) is 10.6. The number of rotatable bonds is 3. The van der Waals surface area contributed by atoms with Crippen molar-refractivity contribution in [2.45, 2.75) is 6.54 Å². The molecule has 3 nitrogen and oxygen atoms in total. The molecule has 0 spiro atoms. The van der Waals surface area contributed by atoms with Crippen LogP contribution >= 0.6 is 15.9 Å². The Hall–Kier alpha value is -2.27. The number of benzene rings is 2. The van der Waals surface area contributed by atoms with Crippen molar-refractivity contribution in [1.29, 1.82) is 0 Å². The van der Waals surface area contributed by atoms with Gasteiger partial charge in [0.1, 0.15) is 5.82 Å². The van der Waals surface area contributed by atoms with E-state index in [1.54, 1.807) is 24.3 Å². The van der Waals surface area contributed by atoms with E-state index in [1.165, 1.54) is 16.8 Å². The largest absolute Gasteiger partial charge is 0.268 e. The summed E-state index contributed by atoms with van der Waals surface area (Å²) in [5, 5.41) is 4.34. The average molecular weight is 359 g/mol. The van der Waals surface area contributed by atoms with Crippen LogP contribution in [0.4, 0.5) is 4.39 Å². The fourth-order valence-corrected chi connectivity index (χ4v) is 2.55. The Bertz CT molecular complexity index is 876. The Morgan fingerprint density at radius 3 is 2.64 bits per heavy atom. The van der Waals surface area contributed by atoms with Crippen LogP contribution in [0.3, 0.4) is 0 Å². The molecule has 22 heavy (non-hydrogen) atoms. The molecule has 0 atom stereocenters. The summed E-state index contributed by atoms with van der Waals surface area (Å²) < 4.78 is 15.9. The first-order chi connectivity index (χ1) is 10.6. The lowest BCUT2D eigenvalue weighted by Crippen LogP contribution is -2.23. The molecule has 0 saturated heterocycles. The van der Waals surface area contributed by atoms with E-state index in [9.17, 15) is 9.18 Å². The van der Waals surface area contributed by atoms with Crippen LogP contribution in [0.15, 0.2) is 69.9 Å². The van der Waals surface area contributed by atoms with Gasteiger partial charge in [0.05, 0.1) is 12.2 Å². The molecule has 0 aliphatic carbocycles. The topological polar surface area (TPSA) is 34.9 Å². The second kappa shape index (κ2) is 6.23. The Balaban J connectivity index is 2.01. The van der Waals surface area contributed by atoms with Crippen LogP contribution in [0.2, 0.25) is 0 Å². The molecule has 3 rings (SSSR count). The van der Waals surface area contributed by atoms with Crippen LogP contribution in [0.5, 0.6) is 0 Å². The quantitative estimate of drug-likeness (QED) is 0.712. The monoisotopic (exact) mass is 358 g/mol. The zero-order valence-electron chi connectivity index (χ0n) is 11.5. The summed E-state index contributed by atoms with van der Waals surface area (Å²) in [5.74, 6) is -0.343. The molecular formula is C17H12BrFN2O. The Morgan fingerprint density at radius 2 is 1.86 bits per heavy atom. The summed E-state index contributed by atoms with van der Waals surface area (Å²) in [6.07, 6.45) is 0. The maximum atomic E-state index is 13.7. The van der Waals surface area contributed by atoms with Crippen molar-refractivity contribution in [2.75, 3.05) is 0 Å². The van der Waals surface area contributed by atoms with E-state index in [0.29, 0.717) is 11.3 Å². The third-order valence-corrected chi connectivity index (χ3v) is 3.76. The van der Waals surface area contributed by atoms with E-state index in [0.717, 1.165) is 10.0 Å². The molecule has 2 aromatic carbocycles. The minimum atomic E-state index is -0.343. The Morgan fingerprint density at radius 1 is 1.05 bits per heavy atom. The zero-order valence-corrected chi connectivity index (χ0v) is 13.1. The molecule has 0 unspecified atom stereocenters. The van der Waals surface area contributed by atoms with Gasteiger partial charge in [-0.15, -0.1) is 0 Å². The summed E-state index contributed by atoms with van der Waals surface area (Å²) in [6.45, 7) is 0.105. The minimum Gasteiger partial charge on any atom is -0.268 e. The molecule has 1 heterocycles. The molecule has 5 heteroatoms. The molecule has 0 aliphatic rings. The van der Waals surface area contributed by atoms with Crippen molar-refractivity contribution in [3.8, 4) is 11.3 Å². The first kappa shape index (κ1) is 14.7. The SMILES string of the molecule is O=c1ccc(-c2cccc(Br)c2)nn1Cc1ccccc1F. The van der Waals surface area contributed by atoms with Gasteiger partial charge in [0, 0.05) is 21.7 Å². The molecule has 0 saturated carbocycles.